The number of hydrogen-bond donors (Lipinski definition) is 0. The first-order chi connectivity index (χ1) is 14.6. The van der Waals surface area contributed by atoms with E-state index in [0.717, 1.165) is 28.9 Å². The Bertz CT molecular complexity index is 1110. The molecule has 0 aromatic heterocycles. The van der Waals surface area contributed by atoms with Crippen LogP contribution in [0.5, 0.6) is 0 Å². The predicted molar refractivity (Wildman–Crippen MR) is 122 cm³/mol. The molecule has 1 saturated heterocycles. The van der Waals surface area contributed by atoms with Crippen molar-refractivity contribution in [3.8, 4) is 0 Å². The van der Waals surface area contributed by atoms with Crippen molar-refractivity contribution in [1.82, 2.24) is 0 Å². The molecule has 0 aliphatic carbocycles. The van der Waals surface area contributed by atoms with E-state index in [1.54, 1.807) is 4.90 Å². The number of carbonyl (C=O) groups is 2. The maximum Gasteiger partial charge on any atom is 0.269 e. The smallest absolute Gasteiger partial charge is 0.269 e. The fourth-order valence-corrected chi connectivity index (χ4v) is 5.72. The number of aryl methyl sites for hydroxylation is 1. The van der Waals surface area contributed by atoms with Crippen LogP contribution in [0.2, 0.25) is 0 Å². The fourth-order valence-electron chi connectivity index (χ4n) is 4.36. The third kappa shape index (κ3) is 2.76. The van der Waals surface area contributed by atoms with E-state index in [1.165, 1.54) is 17.3 Å². The maximum absolute atomic E-state index is 14.0. The quantitative estimate of drug-likeness (QED) is 0.620. The van der Waals surface area contributed by atoms with Crippen molar-refractivity contribution in [3.63, 3.8) is 0 Å². The summed E-state index contributed by atoms with van der Waals surface area (Å²) in [5, 5.41) is 0. The summed E-state index contributed by atoms with van der Waals surface area (Å²) in [7, 11) is 0. The van der Waals surface area contributed by atoms with Crippen LogP contribution >= 0.6 is 11.8 Å². The van der Waals surface area contributed by atoms with Gasteiger partial charge in [0.1, 0.15) is 0 Å². The Hall–Kier alpha value is -3.05. The molecule has 1 spiro atoms. The summed E-state index contributed by atoms with van der Waals surface area (Å²) in [5.74, 6) is 0.200. The van der Waals surface area contributed by atoms with E-state index in [2.05, 4.69) is 6.92 Å². The van der Waals surface area contributed by atoms with Crippen molar-refractivity contribution in [2.75, 3.05) is 15.6 Å². The van der Waals surface area contributed by atoms with Gasteiger partial charge in [0, 0.05) is 11.3 Å². The van der Waals surface area contributed by atoms with Crippen molar-refractivity contribution in [1.29, 1.82) is 0 Å². The van der Waals surface area contributed by atoms with E-state index >= 15 is 0 Å². The van der Waals surface area contributed by atoms with Gasteiger partial charge in [0.05, 0.1) is 18.0 Å². The zero-order valence-corrected chi connectivity index (χ0v) is 17.6. The standard InChI is InChI=1S/C25H22N2O2S/c1-2-18-12-14-20(15-13-18)27-23(28)17-30-25(27)21-10-6-7-11-22(21)26(24(25)29)16-19-8-4-3-5-9-19/h3-15H,2,16-17H2,1H3/t25-/m0/s1. The molecular weight excluding hydrogens is 392 g/mol. The fraction of sp³-hybridized carbons (Fsp3) is 0.200. The van der Waals surface area contributed by atoms with Gasteiger partial charge in [0.25, 0.3) is 5.91 Å². The normalized spacial score (nSPS) is 20.3. The highest BCUT2D eigenvalue weighted by molar-refractivity contribution is 8.02. The number of carbonyl (C=O) groups excluding carboxylic acids is 2. The highest BCUT2D eigenvalue weighted by Crippen LogP contribution is 2.55. The Morgan fingerprint density at radius 2 is 1.57 bits per heavy atom. The van der Waals surface area contributed by atoms with Gasteiger partial charge in [-0.1, -0.05) is 67.6 Å². The monoisotopic (exact) mass is 414 g/mol. The van der Waals surface area contributed by atoms with Gasteiger partial charge in [-0.25, -0.2) is 0 Å². The molecule has 30 heavy (non-hydrogen) atoms. The van der Waals surface area contributed by atoms with E-state index in [-0.39, 0.29) is 17.6 Å². The molecule has 1 atom stereocenters. The van der Waals surface area contributed by atoms with Crippen molar-refractivity contribution >= 4 is 35.0 Å². The van der Waals surface area contributed by atoms with Gasteiger partial charge >= 0.3 is 0 Å². The molecular formula is C25H22N2O2S. The average Bonchev–Trinajstić information content (AvgIpc) is 3.26. The second-order valence-corrected chi connectivity index (χ2v) is 8.74. The molecule has 3 aromatic rings. The highest BCUT2D eigenvalue weighted by Gasteiger charge is 2.60. The van der Waals surface area contributed by atoms with Crippen LogP contribution in [0.15, 0.2) is 78.9 Å². The topological polar surface area (TPSA) is 40.6 Å². The van der Waals surface area contributed by atoms with Gasteiger partial charge in [-0.2, -0.15) is 0 Å². The van der Waals surface area contributed by atoms with Gasteiger partial charge in [-0.3, -0.25) is 14.5 Å². The molecule has 5 rings (SSSR count). The summed E-state index contributed by atoms with van der Waals surface area (Å²) < 4.78 is 0. The van der Waals surface area contributed by atoms with Crippen molar-refractivity contribution in [3.05, 3.63) is 95.6 Å². The Morgan fingerprint density at radius 3 is 2.30 bits per heavy atom. The molecule has 0 bridgehead atoms. The molecule has 2 amide bonds. The van der Waals surface area contributed by atoms with E-state index in [1.807, 2.05) is 83.8 Å². The number of nitrogens with zero attached hydrogens (tertiary/aromatic N) is 2. The Kier molecular flexibility index (Phi) is 4.63. The summed E-state index contributed by atoms with van der Waals surface area (Å²) in [4.78, 5) is 29.5. The summed E-state index contributed by atoms with van der Waals surface area (Å²) in [6.45, 7) is 2.58. The predicted octanol–water partition coefficient (Wildman–Crippen LogP) is 4.73. The van der Waals surface area contributed by atoms with Crippen LogP contribution in [0.4, 0.5) is 11.4 Å². The van der Waals surface area contributed by atoms with Crippen molar-refractivity contribution in [2.24, 2.45) is 0 Å². The number of amides is 2. The van der Waals surface area contributed by atoms with Gasteiger partial charge in [-0.05, 0) is 35.7 Å². The Balaban J connectivity index is 1.62. The molecule has 0 radical (unpaired) electrons. The van der Waals surface area contributed by atoms with E-state index in [9.17, 15) is 9.59 Å². The van der Waals surface area contributed by atoms with E-state index < -0.39 is 4.87 Å². The Morgan fingerprint density at radius 1 is 0.867 bits per heavy atom. The molecule has 150 valence electrons. The van der Waals surface area contributed by atoms with Gasteiger partial charge in [-0.15, -0.1) is 11.8 Å². The first-order valence-corrected chi connectivity index (χ1v) is 11.1. The minimum atomic E-state index is -1.05. The van der Waals surface area contributed by atoms with Gasteiger partial charge in [0.15, 0.2) is 0 Å². The first-order valence-electron chi connectivity index (χ1n) is 10.2. The van der Waals surface area contributed by atoms with Crippen LogP contribution in [0.25, 0.3) is 0 Å². The minimum Gasteiger partial charge on any atom is -0.304 e. The number of fused-ring (bicyclic) bond motifs is 2. The van der Waals surface area contributed by atoms with Crippen LogP contribution in [0, 0.1) is 0 Å². The Labute approximate surface area is 180 Å². The number of hydrogen-bond acceptors (Lipinski definition) is 3. The van der Waals surface area contributed by atoms with Gasteiger partial charge < -0.3 is 4.90 Å². The molecule has 0 saturated carbocycles. The number of rotatable bonds is 4. The number of benzene rings is 3. The third-order valence-electron chi connectivity index (χ3n) is 5.85. The SMILES string of the molecule is CCc1ccc(N2C(=O)CS[C@@]23C(=O)N(Cc2ccccc2)c2ccccc23)cc1. The number of anilines is 2. The largest absolute Gasteiger partial charge is 0.304 e. The molecule has 5 heteroatoms. The summed E-state index contributed by atoms with van der Waals surface area (Å²) in [6.07, 6.45) is 0.931. The zero-order valence-electron chi connectivity index (χ0n) is 16.7. The minimum absolute atomic E-state index is 0.0334. The van der Waals surface area contributed by atoms with Crippen LogP contribution < -0.4 is 9.80 Å². The van der Waals surface area contributed by atoms with Crippen LogP contribution in [0.1, 0.15) is 23.6 Å². The summed E-state index contributed by atoms with van der Waals surface area (Å²) >= 11 is 1.42. The lowest BCUT2D eigenvalue weighted by atomic mass is 10.0. The second kappa shape index (κ2) is 7.33. The van der Waals surface area contributed by atoms with Crippen LogP contribution in [-0.2, 0) is 27.4 Å². The zero-order chi connectivity index (χ0) is 20.7. The van der Waals surface area contributed by atoms with Crippen molar-refractivity contribution in [2.45, 2.75) is 24.8 Å². The molecule has 0 N–H and O–H groups in total. The third-order valence-corrected chi connectivity index (χ3v) is 7.24. The molecule has 2 aliphatic rings. The molecule has 1 fully saturated rings. The molecule has 2 aliphatic heterocycles. The number of thioether (sulfide) groups is 1. The average molecular weight is 415 g/mol. The van der Waals surface area contributed by atoms with Crippen molar-refractivity contribution < 1.29 is 9.59 Å². The van der Waals surface area contributed by atoms with E-state index in [0.29, 0.717) is 6.54 Å². The van der Waals surface area contributed by atoms with Crippen LogP contribution in [0.3, 0.4) is 0 Å². The van der Waals surface area contributed by atoms with E-state index in [4.69, 9.17) is 0 Å². The van der Waals surface area contributed by atoms with Gasteiger partial charge in [0.2, 0.25) is 10.8 Å². The molecule has 2 heterocycles. The lowest BCUT2D eigenvalue weighted by Crippen LogP contribution is -2.49. The lowest BCUT2D eigenvalue weighted by molar-refractivity contribution is -0.123. The molecule has 4 nitrogen and oxygen atoms in total. The maximum atomic E-state index is 14.0. The lowest BCUT2D eigenvalue weighted by Gasteiger charge is -2.33. The summed E-state index contributed by atoms with van der Waals surface area (Å²) in [6, 6.07) is 25.8. The van der Waals surface area contributed by atoms with Crippen LogP contribution in [-0.4, -0.2) is 17.6 Å². The summed E-state index contributed by atoms with van der Waals surface area (Å²) in [5.41, 5.74) is 4.80. The molecule has 3 aromatic carbocycles. The first kappa shape index (κ1) is 18.9. The second-order valence-electron chi connectivity index (χ2n) is 7.58. The number of para-hydroxylation sites is 1. The highest BCUT2D eigenvalue weighted by atomic mass is 32.2. The molecule has 0 unspecified atom stereocenters.